The van der Waals surface area contributed by atoms with Crippen LogP contribution in [0.15, 0.2) is 60.7 Å². The first-order valence-electron chi connectivity index (χ1n) is 11.3. The number of likely N-dealkylation sites (tertiary alicyclic amines) is 1. The minimum Gasteiger partial charge on any atom is -0.365 e. The van der Waals surface area contributed by atoms with Crippen LogP contribution in [0.4, 0.5) is 0 Å². The first-order chi connectivity index (χ1) is 14.4. The van der Waals surface area contributed by atoms with Gasteiger partial charge in [0.15, 0.2) is 0 Å². The molecule has 4 nitrogen and oxygen atoms in total. The molecule has 2 aliphatic rings. The molecular weight excluding hydrogens is 372 g/mol. The molecule has 160 valence electrons. The highest BCUT2D eigenvalue weighted by molar-refractivity contribution is 5.94. The van der Waals surface area contributed by atoms with E-state index in [0.29, 0.717) is 13.1 Å². The second-order valence-electron chi connectivity index (χ2n) is 9.50. The molecule has 30 heavy (non-hydrogen) atoms. The maximum atomic E-state index is 13.2. The zero-order valence-corrected chi connectivity index (χ0v) is 18.3. The van der Waals surface area contributed by atoms with Crippen LogP contribution in [0, 0.1) is 0 Å². The molecule has 0 aliphatic carbocycles. The van der Waals surface area contributed by atoms with Gasteiger partial charge in [-0.2, -0.15) is 0 Å². The quantitative estimate of drug-likeness (QED) is 0.754. The summed E-state index contributed by atoms with van der Waals surface area (Å²) < 4.78 is 6.69. The molecular formula is C26H34N2O2. The average molecular weight is 407 g/mol. The van der Waals surface area contributed by atoms with E-state index in [2.05, 4.69) is 49.1 Å². The van der Waals surface area contributed by atoms with Gasteiger partial charge < -0.3 is 14.5 Å². The summed E-state index contributed by atoms with van der Waals surface area (Å²) >= 11 is 0. The van der Waals surface area contributed by atoms with Crippen molar-refractivity contribution in [3.8, 4) is 0 Å². The number of benzene rings is 2. The zero-order valence-electron chi connectivity index (χ0n) is 18.3. The van der Waals surface area contributed by atoms with Crippen LogP contribution in [0.1, 0.15) is 49.0 Å². The molecule has 2 heterocycles. The highest BCUT2D eigenvalue weighted by Crippen LogP contribution is 2.37. The molecule has 1 spiro atoms. The third-order valence-corrected chi connectivity index (χ3v) is 6.40. The van der Waals surface area contributed by atoms with Crippen molar-refractivity contribution in [3.63, 3.8) is 0 Å². The van der Waals surface area contributed by atoms with E-state index in [1.807, 2.05) is 35.2 Å². The summed E-state index contributed by atoms with van der Waals surface area (Å²) in [6.07, 6.45) is 4.18. The van der Waals surface area contributed by atoms with Crippen LogP contribution in [-0.2, 0) is 11.2 Å². The largest absolute Gasteiger partial charge is 0.365 e. The molecule has 2 fully saturated rings. The number of ether oxygens (including phenoxy) is 1. The third kappa shape index (κ3) is 5.11. The van der Waals surface area contributed by atoms with E-state index in [1.54, 1.807) is 0 Å². The van der Waals surface area contributed by atoms with E-state index in [0.717, 1.165) is 50.9 Å². The van der Waals surface area contributed by atoms with Gasteiger partial charge in [-0.3, -0.25) is 4.79 Å². The zero-order chi connectivity index (χ0) is 21.0. The molecule has 4 rings (SSSR count). The fourth-order valence-corrected chi connectivity index (χ4v) is 5.06. The van der Waals surface area contributed by atoms with Gasteiger partial charge in [0.05, 0.1) is 17.7 Å². The summed E-state index contributed by atoms with van der Waals surface area (Å²) in [7, 11) is 0. The molecule has 0 N–H and O–H groups in total. The van der Waals surface area contributed by atoms with Crippen LogP contribution in [-0.4, -0.2) is 59.6 Å². The molecule has 4 heteroatoms. The van der Waals surface area contributed by atoms with Gasteiger partial charge in [-0.15, -0.1) is 0 Å². The molecule has 2 aromatic rings. The molecule has 0 saturated carbocycles. The lowest BCUT2D eigenvalue weighted by atomic mass is 9.88. The number of carbonyl (C=O) groups excluding carboxylic acids is 1. The summed E-state index contributed by atoms with van der Waals surface area (Å²) in [6, 6.07) is 20.4. The SMILES string of the molecule is CC1(C)CN(C(=O)c2ccccc2)C[C@@]2(CCCN(CCc3ccccc3)CC2)O1. The van der Waals surface area contributed by atoms with E-state index in [4.69, 9.17) is 4.74 Å². The second kappa shape index (κ2) is 8.91. The van der Waals surface area contributed by atoms with E-state index in [-0.39, 0.29) is 17.1 Å². The Balaban J connectivity index is 1.42. The van der Waals surface area contributed by atoms with Crippen LogP contribution < -0.4 is 0 Å². The van der Waals surface area contributed by atoms with Crippen molar-refractivity contribution in [1.29, 1.82) is 0 Å². The average Bonchev–Trinajstić information content (AvgIpc) is 2.93. The third-order valence-electron chi connectivity index (χ3n) is 6.40. The van der Waals surface area contributed by atoms with Crippen molar-refractivity contribution in [2.24, 2.45) is 0 Å². The maximum absolute atomic E-state index is 13.2. The van der Waals surface area contributed by atoms with Gasteiger partial charge in [0, 0.05) is 25.2 Å². The monoisotopic (exact) mass is 406 g/mol. The van der Waals surface area contributed by atoms with Crippen molar-refractivity contribution in [2.45, 2.75) is 50.7 Å². The predicted octanol–water partition coefficient (Wildman–Crippen LogP) is 4.41. The molecule has 0 bridgehead atoms. The van der Waals surface area contributed by atoms with Crippen molar-refractivity contribution in [3.05, 3.63) is 71.8 Å². The molecule has 0 radical (unpaired) electrons. The predicted molar refractivity (Wildman–Crippen MR) is 121 cm³/mol. The van der Waals surface area contributed by atoms with Gasteiger partial charge in [-0.1, -0.05) is 48.5 Å². The van der Waals surface area contributed by atoms with Crippen LogP contribution in [0.5, 0.6) is 0 Å². The first kappa shape index (κ1) is 21.1. The van der Waals surface area contributed by atoms with E-state index in [1.165, 1.54) is 5.56 Å². The summed E-state index contributed by atoms with van der Waals surface area (Å²) in [6.45, 7) is 8.78. The van der Waals surface area contributed by atoms with Crippen molar-refractivity contribution in [2.75, 3.05) is 32.7 Å². The van der Waals surface area contributed by atoms with Crippen LogP contribution in [0.3, 0.4) is 0 Å². The number of rotatable bonds is 4. The van der Waals surface area contributed by atoms with Gasteiger partial charge in [0.25, 0.3) is 5.91 Å². The summed E-state index contributed by atoms with van der Waals surface area (Å²) in [4.78, 5) is 17.8. The van der Waals surface area contributed by atoms with Gasteiger partial charge in [0.1, 0.15) is 0 Å². The topological polar surface area (TPSA) is 32.8 Å². The molecule has 2 saturated heterocycles. The Morgan fingerprint density at radius 2 is 1.63 bits per heavy atom. The molecule has 2 aromatic carbocycles. The number of morpholine rings is 1. The Morgan fingerprint density at radius 3 is 2.37 bits per heavy atom. The van der Waals surface area contributed by atoms with E-state index in [9.17, 15) is 4.79 Å². The molecule has 1 atom stereocenters. The first-order valence-corrected chi connectivity index (χ1v) is 11.3. The fourth-order valence-electron chi connectivity index (χ4n) is 5.06. The maximum Gasteiger partial charge on any atom is 0.254 e. The Hall–Kier alpha value is -2.17. The van der Waals surface area contributed by atoms with E-state index >= 15 is 0 Å². The second-order valence-corrected chi connectivity index (χ2v) is 9.50. The Morgan fingerprint density at radius 1 is 0.933 bits per heavy atom. The van der Waals surface area contributed by atoms with Gasteiger partial charge in [-0.25, -0.2) is 0 Å². The molecule has 0 aromatic heterocycles. The standard InChI is InChI=1S/C26H34N2O2/c1-25(2)20-28(24(29)23-12-7-4-8-13-23)21-26(30-25)15-9-17-27(19-16-26)18-14-22-10-5-3-6-11-22/h3-8,10-13H,9,14-21H2,1-2H3/t26-/m0/s1. The van der Waals surface area contributed by atoms with Gasteiger partial charge >= 0.3 is 0 Å². The Bertz CT molecular complexity index is 837. The summed E-state index contributed by atoms with van der Waals surface area (Å²) in [5, 5.41) is 0. The number of hydrogen-bond acceptors (Lipinski definition) is 3. The summed E-state index contributed by atoms with van der Waals surface area (Å²) in [5.41, 5.74) is 1.59. The van der Waals surface area contributed by atoms with Crippen molar-refractivity contribution in [1.82, 2.24) is 9.80 Å². The smallest absolute Gasteiger partial charge is 0.254 e. The Kier molecular flexibility index (Phi) is 6.26. The minimum absolute atomic E-state index is 0.122. The lowest BCUT2D eigenvalue weighted by Gasteiger charge is -2.50. The number of nitrogens with zero attached hydrogens (tertiary/aromatic N) is 2. The normalized spacial score (nSPS) is 24.5. The number of amides is 1. The van der Waals surface area contributed by atoms with Gasteiger partial charge in [0.2, 0.25) is 0 Å². The van der Waals surface area contributed by atoms with Crippen molar-refractivity contribution < 1.29 is 9.53 Å². The van der Waals surface area contributed by atoms with Crippen molar-refractivity contribution >= 4 is 5.91 Å². The highest BCUT2D eigenvalue weighted by atomic mass is 16.5. The molecule has 2 aliphatic heterocycles. The lowest BCUT2D eigenvalue weighted by molar-refractivity contribution is -0.192. The highest BCUT2D eigenvalue weighted by Gasteiger charge is 2.46. The fraction of sp³-hybridized carbons (Fsp3) is 0.500. The number of hydrogen-bond donors (Lipinski definition) is 0. The molecule has 1 amide bonds. The summed E-state index contributed by atoms with van der Waals surface area (Å²) in [5.74, 6) is 0.122. The number of carbonyl (C=O) groups is 1. The van der Waals surface area contributed by atoms with Crippen LogP contribution in [0.25, 0.3) is 0 Å². The molecule has 0 unspecified atom stereocenters. The lowest BCUT2D eigenvalue weighted by Crippen LogP contribution is -2.61. The Labute approximate surface area is 180 Å². The van der Waals surface area contributed by atoms with Crippen LogP contribution >= 0.6 is 0 Å². The van der Waals surface area contributed by atoms with E-state index < -0.39 is 0 Å². The van der Waals surface area contributed by atoms with Crippen LogP contribution in [0.2, 0.25) is 0 Å². The minimum atomic E-state index is -0.331. The van der Waals surface area contributed by atoms with Gasteiger partial charge in [-0.05, 0) is 63.8 Å².